The lowest BCUT2D eigenvalue weighted by atomic mass is 10.1. The van der Waals surface area contributed by atoms with Crippen LogP contribution in [0, 0.1) is 5.92 Å². The Morgan fingerprint density at radius 2 is 1.38 bits per heavy atom. The molecular weight excluding hydrogens is 372 g/mol. The number of hydrogen-bond acceptors (Lipinski definition) is 5. The summed E-state index contributed by atoms with van der Waals surface area (Å²) in [5, 5.41) is 5.43. The molecule has 0 bridgehead atoms. The second-order valence-corrected chi connectivity index (χ2v) is 7.01. The van der Waals surface area contributed by atoms with E-state index in [1.807, 2.05) is 0 Å². The number of ketones is 1. The van der Waals surface area contributed by atoms with Crippen LogP contribution in [-0.2, 0) is 14.3 Å². The highest BCUT2D eigenvalue weighted by atomic mass is 16.5. The Morgan fingerprint density at radius 1 is 0.862 bits per heavy atom. The first-order chi connectivity index (χ1) is 13.8. The minimum atomic E-state index is -1.01. The van der Waals surface area contributed by atoms with Gasteiger partial charge in [0.05, 0.1) is 5.56 Å². The summed E-state index contributed by atoms with van der Waals surface area (Å²) < 4.78 is 5.21. The van der Waals surface area contributed by atoms with Gasteiger partial charge in [-0.2, -0.15) is 0 Å². The lowest BCUT2D eigenvalue weighted by Gasteiger charge is -2.14. The molecule has 0 spiro atoms. The topological polar surface area (TPSA) is 102 Å². The number of Topliss-reactive ketones (excluding diaryl/α,β-unsaturated/α-hetero) is 1. The van der Waals surface area contributed by atoms with Crippen molar-refractivity contribution in [3.8, 4) is 0 Å². The Bertz CT molecular complexity index is 931. The highest BCUT2D eigenvalue weighted by molar-refractivity contribution is 5.99. The van der Waals surface area contributed by atoms with Gasteiger partial charge in [0.2, 0.25) is 5.91 Å². The zero-order valence-corrected chi connectivity index (χ0v) is 16.2. The van der Waals surface area contributed by atoms with Crippen molar-refractivity contribution in [1.82, 2.24) is 0 Å². The van der Waals surface area contributed by atoms with Gasteiger partial charge in [-0.3, -0.25) is 14.4 Å². The molecule has 0 saturated heterocycles. The summed E-state index contributed by atoms with van der Waals surface area (Å²) in [5.74, 6) is -1.11. The van der Waals surface area contributed by atoms with Gasteiger partial charge in [-0.1, -0.05) is 0 Å². The van der Waals surface area contributed by atoms with E-state index in [4.69, 9.17) is 4.74 Å². The highest BCUT2D eigenvalue weighted by Gasteiger charge is 2.29. The predicted octanol–water partition coefficient (Wildman–Crippen LogP) is 3.42. The average Bonchev–Trinajstić information content (AvgIpc) is 3.54. The third-order valence-electron chi connectivity index (χ3n) is 4.55. The smallest absolute Gasteiger partial charge is 0.338 e. The quantitative estimate of drug-likeness (QED) is 0.553. The zero-order valence-electron chi connectivity index (χ0n) is 16.2. The van der Waals surface area contributed by atoms with Gasteiger partial charge >= 0.3 is 5.97 Å². The lowest BCUT2D eigenvalue weighted by molar-refractivity contribution is -0.123. The van der Waals surface area contributed by atoms with E-state index >= 15 is 0 Å². The molecule has 1 aliphatic rings. The van der Waals surface area contributed by atoms with E-state index in [1.165, 1.54) is 26.0 Å². The molecule has 2 aromatic carbocycles. The summed E-state index contributed by atoms with van der Waals surface area (Å²) in [4.78, 5) is 47.5. The average molecular weight is 394 g/mol. The molecule has 2 aromatic rings. The van der Waals surface area contributed by atoms with Crippen molar-refractivity contribution in [2.45, 2.75) is 32.8 Å². The number of anilines is 2. The van der Waals surface area contributed by atoms with Crippen LogP contribution in [0.5, 0.6) is 0 Å². The van der Waals surface area contributed by atoms with E-state index in [0.29, 0.717) is 16.9 Å². The number of hydrogen-bond donors (Lipinski definition) is 2. The van der Waals surface area contributed by atoms with Gasteiger partial charge in [0.25, 0.3) is 5.91 Å². The maximum Gasteiger partial charge on any atom is 0.338 e. The lowest BCUT2D eigenvalue weighted by Crippen LogP contribution is -2.30. The van der Waals surface area contributed by atoms with E-state index in [9.17, 15) is 19.2 Å². The Hall–Kier alpha value is -3.48. The largest absolute Gasteiger partial charge is 0.449 e. The molecule has 1 atom stereocenters. The number of nitrogens with one attached hydrogen (secondary N) is 2. The van der Waals surface area contributed by atoms with Crippen LogP contribution in [0.25, 0.3) is 0 Å². The number of ether oxygens (including phenoxy) is 1. The number of esters is 1. The molecule has 0 radical (unpaired) electrons. The molecule has 150 valence electrons. The van der Waals surface area contributed by atoms with Gasteiger partial charge in [-0.25, -0.2) is 4.79 Å². The Labute approximate surface area is 168 Å². The summed E-state index contributed by atoms with van der Waals surface area (Å²) in [6.45, 7) is 2.93. The molecule has 1 saturated carbocycles. The second-order valence-electron chi connectivity index (χ2n) is 7.01. The van der Waals surface area contributed by atoms with Crippen LogP contribution in [0.4, 0.5) is 11.4 Å². The Morgan fingerprint density at radius 3 is 1.90 bits per heavy atom. The van der Waals surface area contributed by atoms with Crippen LogP contribution in [-0.4, -0.2) is 29.7 Å². The molecule has 0 aliphatic heterocycles. The molecule has 29 heavy (non-hydrogen) atoms. The monoisotopic (exact) mass is 394 g/mol. The van der Waals surface area contributed by atoms with E-state index < -0.39 is 18.0 Å². The fourth-order valence-corrected chi connectivity index (χ4v) is 2.59. The minimum Gasteiger partial charge on any atom is -0.449 e. The number of carbonyl (C=O) groups excluding carboxylic acids is 4. The number of amides is 2. The maximum absolute atomic E-state index is 12.3. The first-order valence-electron chi connectivity index (χ1n) is 9.37. The van der Waals surface area contributed by atoms with Gasteiger partial charge in [-0.05, 0) is 75.2 Å². The van der Waals surface area contributed by atoms with Crippen molar-refractivity contribution in [3.05, 3.63) is 59.7 Å². The normalized spacial score (nSPS) is 13.9. The third-order valence-corrected chi connectivity index (χ3v) is 4.55. The molecule has 7 nitrogen and oxygen atoms in total. The zero-order chi connectivity index (χ0) is 21.0. The SMILES string of the molecule is CC(=O)c1ccc(NC(=O)C(C)OC(=O)c2ccc(NC(=O)C3CC3)cc2)cc1. The van der Waals surface area contributed by atoms with Crippen LogP contribution < -0.4 is 10.6 Å². The van der Waals surface area contributed by atoms with Crippen molar-refractivity contribution < 1.29 is 23.9 Å². The highest BCUT2D eigenvalue weighted by Crippen LogP contribution is 2.30. The fraction of sp³-hybridized carbons (Fsp3) is 0.273. The van der Waals surface area contributed by atoms with E-state index in [-0.39, 0.29) is 23.2 Å². The van der Waals surface area contributed by atoms with Gasteiger partial charge in [0.15, 0.2) is 11.9 Å². The summed E-state index contributed by atoms with van der Waals surface area (Å²) >= 11 is 0. The van der Waals surface area contributed by atoms with Crippen molar-refractivity contribution in [2.24, 2.45) is 5.92 Å². The molecule has 1 fully saturated rings. The van der Waals surface area contributed by atoms with E-state index in [2.05, 4.69) is 10.6 Å². The van der Waals surface area contributed by atoms with Gasteiger partial charge < -0.3 is 15.4 Å². The Balaban J connectivity index is 1.52. The van der Waals surface area contributed by atoms with E-state index in [1.54, 1.807) is 36.4 Å². The van der Waals surface area contributed by atoms with Crippen molar-refractivity contribution >= 4 is 34.9 Å². The molecule has 1 unspecified atom stereocenters. The fourth-order valence-electron chi connectivity index (χ4n) is 2.59. The number of rotatable bonds is 7. The van der Waals surface area contributed by atoms with Crippen molar-refractivity contribution in [3.63, 3.8) is 0 Å². The van der Waals surface area contributed by atoms with Crippen molar-refractivity contribution in [2.75, 3.05) is 10.6 Å². The van der Waals surface area contributed by atoms with Crippen LogP contribution in [0.15, 0.2) is 48.5 Å². The van der Waals surface area contributed by atoms with E-state index in [0.717, 1.165) is 12.8 Å². The first-order valence-corrected chi connectivity index (χ1v) is 9.37. The number of benzene rings is 2. The second kappa shape index (κ2) is 8.68. The van der Waals surface area contributed by atoms with Crippen LogP contribution >= 0.6 is 0 Å². The molecule has 1 aliphatic carbocycles. The van der Waals surface area contributed by atoms with Crippen LogP contribution in [0.1, 0.15) is 47.4 Å². The summed E-state index contributed by atoms with van der Waals surface area (Å²) in [6, 6.07) is 12.8. The Kier molecular flexibility index (Phi) is 6.07. The van der Waals surface area contributed by atoms with Crippen LogP contribution in [0.2, 0.25) is 0 Å². The van der Waals surface area contributed by atoms with Gasteiger partial charge in [-0.15, -0.1) is 0 Å². The van der Waals surface area contributed by atoms with Gasteiger partial charge in [0.1, 0.15) is 0 Å². The predicted molar refractivity (Wildman–Crippen MR) is 108 cm³/mol. The summed E-state index contributed by atoms with van der Waals surface area (Å²) in [6.07, 6.45) is 0.818. The molecular formula is C22H22N2O5. The summed E-state index contributed by atoms with van der Waals surface area (Å²) in [7, 11) is 0. The van der Waals surface area contributed by atoms with Gasteiger partial charge in [0, 0.05) is 22.9 Å². The van der Waals surface area contributed by atoms with Crippen LogP contribution in [0.3, 0.4) is 0 Å². The molecule has 0 aromatic heterocycles. The molecule has 3 rings (SSSR count). The van der Waals surface area contributed by atoms with Crippen molar-refractivity contribution in [1.29, 1.82) is 0 Å². The molecule has 2 N–H and O–H groups in total. The molecule has 0 heterocycles. The first kappa shape index (κ1) is 20.3. The third kappa shape index (κ3) is 5.51. The molecule has 7 heteroatoms. The molecule has 2 amide bonds. The maximum atomic E-state index is 12.3. The minimum absolute atomic E-state index is 0.0121. The number of carbonyl (C=O) groups is 4. The standard InChI is InChI=1S/C22H22N2O5/c1-13(25)15-5-9-18(10-6-15)23-20(26)14(2)29-22(28)17-7-11-19(12-8-17)24-21(27)16-3-4-16/h5-12,14,16H,3-4H2,1-2H3,(H,23,26)(H,24,27). The summed E-state index contributed by atoms with van der Waals surface area (Å²) in [5.41, 5.74) is 1.93.